The molecule has 0 aromatic heterocycles. The molecule has 1 aromatic carbocycles. The number of benzene rings is 1. The molecule has 2 amide bonds. The van der Waals surface area contributed by atoms with Crippen LogP contribution in [-0.4, -0.2) is 40.1 Å². The van der Waals surface area contributed by atoms with Gasteiger partial charge in [0.2, 0.25) is 0 Å². The Bertz CT molecular complexity index is 548. The highest BCUT2D eigenvalue weighted by Gasteiger charge is 2.25. The van der Waals surface area contributed by atoms with Gasteiger partial charge in [0, 0.05) is 24.9 Å². The molecule has 0 aliphatic carbocycles. The van der Waals surface area contributed by atoms with Crippen molar-refractivity contribution >= 4 is 23.8 Å². The van der Waals surface area contributed by atoms with Gasteiger partial charge >= 0.3 is 12.0 Å². The van der Waals surface area contributed by atoms with Crippen LogP contribution < -0.4 is 5.32 Å². The van der Waals surface area contributed by atoms with E-state index in [4.69, 9.17) is 5.11 Å². The first-order chi connectivity index (χ1) is 10.0. The maximum absolute atomic E-state index is 12.3. The second-order valence-corrected chi connectivity index (χ2v) is 6.07. The van der Waals surface area contributed by atoms with Crippen LogP contribution in [0.25, 0.3) is 0 Å². The third-order valence-corrected chi connectivity index (χ3v) is 4.39. The summed E-state index contributed by atoms with van der Waals surface area (Å²) in [7, 11) is 0. The number of aromatic carboxylic acids is 1. The number of carbonyl (C=O) groups excluding carboxylic acids is 1. The average molecular weight is 308 g/mol. The van der Waals surface area contributed by atoms with Gasteiger partial charge in [0.15, 0.2) is 0 Å². The minimum absolute atomic E-state index is 0.0797. The molecular formula is C15H20N2O3S. The molecule has 0 spiro atoms. The highest BCUT2D eigenvalue weighted by Crippen LogP contribution is 2.24. The lowest BCUT2D eigenvalue weighted by Gasteiger charge is -2.21. The summed E-state index contributed by atoms with van der Waals surface area (Å²) >= 11 is 1.71. The van der Waals surface area contributed by atoms with E-state index in [1.807, 2.05) is 6.26 Å². The molecule has 2 rings (SSSR count). The number of nitrogens with one attached hydrogen (secondary N) is 1. The Labute approximate surface area is 128 Å². The first-order valence-corrected chi connectivity index (χ1v) is 8.34. The quantitative estimate of drug-likeness (QED) is 0.877. The fourth-order valence-electron chi connectivity index (χ4n) is 2.40. The summed E-state index contributed by atoms with van der Waals surface area (Å²) in [4.78, 5) is 25.0. The van der Waals surface area contributed by atoms with Crippen molar-refractivity contribution in [2.24, 2.45) is 0 Å². The summed E-state index contributed by atoms with van der Waals surface area (Å²) in [6.45, 7) is 3.06. The molecule has 0 fully saturated rings. The van der Waals surface area contributed by atoms with Crippen molar-refractivity contribution in [3.63, 3.8) is 0 Å². The van der Waals surface area contributed by atoms with Gasteiger partial charge in [-0.05, 0) is 35.9 Å². The van der Waals surface area contributed by atoms with Gasteiger partial charge < -0.3 is 15.3 Å². The van der Waals surface area contributed by atoms with Crippen molar-refractivity contribution in [2.45, 2.75) is 32.5 Å². The van der Waals surface area contributed by atoms with Crippen molar-refractivity contribution in [3.8, 4) is 0 Å². The molecule has 6 heteroatoms. The molecule has 0 saturated heterocycles. The zero-order chi connectivity index (χ0) is 15.4. The molecule has 21 heavy (non-hydrogen) atoms. The number of hydrogen-bond acceptors (Lipinski definition) is 3. The number of carboxylic acids is 1. The molecule has 5 nitrogen and oxygen atoms in total. The summed E-state index contributed by atoms with van der Waals surface area (Å²) in [5.41, 5.74) is 2.21. The summed E-state index contributed by atoms with van der Waals surface area (Å²) in [6.07, 6.45) is 2.92. The standard InChI is InChI=1S/C15H20N2O3S/c1-3-13(9-21-2)16-15(20)17-7-11-5-4-10(14(18)19)6-12(11)8-17/h4-6,13H,3,7-9H2,1-2H3,(H,16,20)(H,18,19). The Morgan fingerprint density at radius 2 is 2.10 bits per heavy atom. The van der Waals surface area contributed by atoms with Gasteiger partial charge in [-0.2, -0.15) is 11.8 Å². The van der Waals surface area contributed by atoms with Gasteiger partial charge in [-0.1, -0.05) is 13.0 Å². The third kappa shape index (κ3) is 3.69. The van der Waals surface area contributed by atoms with Gasteiger partial charge in [-0.15, -0.1) is 0 Å². The van der Waals surface area contributed by atoms with E-state index in [0.717, 1.165) is 23.3 Å². The number of hydrogen-bond donors (Lipinski definition) is 2. The van der Waals surface area contributed by atoms with Crippen LogP contribution in [0.15, 0.2) is 18.2 Å². The lowest BCUT2D eigenvalue weighted by molar-refractivity contribution is 0.0696. The topological polar surface area (TPSA) is 69.6 Å². The fraction of sp³-hybridized carbons (Fsp3) is 0.467. The maximum atomic E-state index is 12.3. The largest absolute Gasteiger partial charge is 0.478 e. The normalized spacial score (nSPS) is 14.7. The van der Waals surface area contributed by atoms with E-state index >= 15 is 0 Å². The van der Waals surface area contributed by atoms with Crippen LogP contribution in [0.5, 0.6) is 0 Å². The molecule has 0 saturated carbocycles. The van der Waals surface area contributed by atoms with Crippen LogP contribution in [0.4, 0.5) is 4.79 Å². The minimum Gasteiger partial charge on any atom is -0.478 e. The van der Waals surface area contributed by atoms with E-state index in [1.54, 1.807) is 34.9 Å². The molecule has 1 aromatic rings. The average Bonchev–Trinajstić information content (AvgIpc) is 2.89. The Balaban J connectivity index is 2.02. The maximum Gasteiger partial charge on any atom is 0.335 e. The number of carboxylic acid groups (broad SMARTS) is 1. The number of nitrogens with zero attached hydrogens (tertiary/aromatic N) is 1. The lowest BCUT2D eigenvalue weighted by atomic mass is 10.1. The van der Waals surface area contributed by atoms with Crippen LogP contribution in [0, 0.1) is 0 Å². The minimum atomic E-state index is -0.938. The van der Waals surface area contributed by atoms with Crippen LogP contribution in [0.3, 0.4) is 0 Å². The Kier molecular flexibility index (Phi) is 5.12. The molecule has 1 heterocycles. The summed E-state index contributed by atoms with van der Waals surface area (Å²) in [5.74, 6) is -0.0432. The van der Waals surface area contributed by atoms with Crippen molar-refractivity contribution < 1.29 is 14.7 Å². The Morgan fingerprint density at radius 1 is 1.38 bits per heavy atom. The first-order valence-electron chi connectivity index (χ1n) is 6.94. The van der Waals surface area contributed by atoms with E-state index in [-0.39, 0.29) is 17.6 Å². The van der Waals surface area contributed by atoms with Gasteiger partial charge in [-0.3, -0.25) is 0 Å². The van der Waals surface area contributed by atoms with Crippen LogP contribution >= 0.6 is 11.8 Å². The Morgan fingerprint density at radius 3 is 2.71 bits per heavy atom. The Hall–Kier alpha value is -1.69. The highest BCUT2D eigenvalue weighted by molar-refractivity contribution is 7.98. The van der Waals surface area contributed by atoms with E-state index in [9.17, 15) is 9.59 Å². The molecule has 0 bridgehead atoms. The molecule has 1 aliphatic heterocycles. The monoisotopic (exact) mass is 308 g/mol. The first kappa shape index (κ1) is 15.7. The predicted molar refractivity (Wildman–Crippen MR) is 83.6 cm³/mol. The number of thioether (sulfide) groups is 1. The molecule has 1 atom stereocenters. The van der Waals surface area contributed by atoms with Gasteiger partial charge in [0.1, 0.15) is 0 Å². The summed E-state index contributed by atoms with van der Waals surface area (Å²) in [5, 5.41) is 12.0. The number of fused-ring (bicyclic) bond motifs is 1. The predicted octanol–water partition coefficient (Wildman–Crippen LogP) is 2.55. The van der Waals surface area contributed by atoms with Gasteiger partial charge in [0.05, 0.1) is 5.56 Å². The fourth-order valence-corrected chi connectivity index (χ4v) is 3.12. The van der Waals surface area contributed by atoms with Crippen LogP contribution in [-0.2, 0) is 13.1 Å². The highest BCUT2D eigenvalue weighted by atomic mass is 32.2. The number of amides is 2. The van der Waals surface area contributed by atoms with Crippen molar-refractivity contribution in [1.29, 1.82) is 0 Å². The molecule has 114 valence electrons. The second kappa shape index (κ2) is 6.85. The lowest BCUT2D eigenvalue weighted by Crippen LogP contribution is -2.43. The summed E-state index contributed by atoms with van der Waals surface area (Å²) < 4.78 is 0. The molecular weight excluding hydrogens is 288 g/mol. The third-order valence-electron chi connectivity index (χ3n) is 3.65. The van der Waals surface area contributed by atoms with Crippen LogP contribution in [0.1, 0.15) is 34.8 Å². The van der Waals surface area contributed by atoms with E-state index in [2.05, 4.69) is 12.2 Å². The van der Waals surface area contributed by atoms with Crippen molar-refractivity contribution in [3.05, 3.63) is 34.9 Å². The SMILES string of the molecule is CCC(CSC)NC(=O)N1Cc2ccc(C(=O)O)cc2C1. The second-order valence-electron chi connectivity index (χ2n) is 5.15. The smallest absolute Gasteiger partial charge is 0.335 e. The number of urea groups is 1. The molecule has 2 N–H and O–H groups in total. The summed E-state index contributed by atoms with van der Waals surface area (Å²) in [6, 6.07) is 5.13. The van der Waals surface area contributed by atoms with Gasteiger partial charge in [0.25, 0.3) is 0 Å². The van der Waals surface area contributed by atoms with Gasteiger partial charge in [-0.25, -0.2) is 9.59 Å². The number of rotatable bonds is 5. The van der Waals surface area contributed by atoms with Crippen LogP contribution in [0.2, 0.25) is 0 Å². The number of carbonyl (C=O) groups is 2. The molecule has 1 unspecified atom stereocenters. The van der Waals surface area contributed by atoms with Crippen molar-refractivity contribution in [1.82, 2.24) is 10.2 Å². The van der Waals surface area contributed by atoms with Crippen molar-refractivity contribution in [2.75, 3.05) is 12.0 Å². The zero-order valence-corrected chi connectivity index (χ0v) is 13.1. The zero-order valence-electron chi connectivity index (χ0n) is 12.3. The molecule has 1 aliphatic rings. The van der Waals surface area contributed by atoms with E-state index < -0.39 is 5.97 Å². The van der Waals surface area contributed by atoms with E-state index in [1.165, 1.54) is 0 Å². The molecule has 0 radical (unpaired) electrons. The van der Waals surface area contributed by atoms with E-state index in [0.29, 0.717) is 13.1 Å².